The maximum Gasteiger partial charge on any atom is 0.303 e. The van der Waals surface area contributed by atoms with Gasteiger partial charge < -0.3 is 10.2 Å². The third-order valence-electron chi connectivity index (χ3n) is 3.90. The number of aryl methyl sites for hydroxylation is 1. The third-order valence-corrected chi connectivity index (χ3v) is 3.90. The van der Waals surface area contributed by atoms with E-state index in [1.54, 1.807) is 4.40 Å². The molecular formula is C17H16N2O4. The smallest absolute Gasteiger partial charge is 0.303 e. The maximum absolute atomic E-state index is 12.6. The van der Waals surface area contributed by atoms with Crippen molar-refractivity contribution in [1.29, 1.82) is 0 Å². The highest BCUT2D eigenvalue weighted by Crippen LogP contribution is 2.26. The molecule has 0 spiro atoms. The van der Waals surface area contributed by atoms with E-state index in [4.69, 9.17) is 5.11 Å². The van der Waals surface area contributed by atoms with Gasteiger partial charge >= 0.3 is 5.97 Å². The van der Waals surface area contributed by atoms with E-state index in [0.29, 0.717) is 12.2 Å². The van der Waals surface area contributed by atoms with E-state index in [9.17, 15) is 14.7 Å². The maximum atomic E-state index is 12.6. The average molecular weight is 312 g/mol. The Morgan fingerprint density at radius 3 is 2.65 bits per heavy atom. The lowest BCUT2D eigenvalue weighted by molar-refractivity contribution is -0.501. The van der Waals surface area contributed by atoms with Crippen molar-refractivity contribution in [3.8, 4) is 17.1 Å². The molecule has 23 heavy (non-hydrogen) atoms. The van der Waals surface area contributed by atoms with Crippen LogP contribution in [0.3, 0.4) is 0 Å². The first-order valence-electron chi connectivity index (χ1n) is 7.42. The van der Waals surface area contributed by atoms with Crippen molar-refractivity contribution in [2.75, 3.05) is 0 Å². The summed E-state index contributed by atoms with van der Waals surface area (Å²) in [4.78, 5) is 23.1. The van der Waals surface area contributed by atoms with Crippen molar-refractivity contribution in [2.24, 2.45) is 0 Å². The molecule has 1 N–H and O–H groups in total. The number of carboxylic acids is 1. The van der Waals surface area contributed by atoms with E-state index >= 15 is 0 Å². The summed E-state index contributed by atoms with van der Waals surface area (Å²) in [6.07, 6.45) is -0.476. The van der Waals surface area contributed by atoms with E-state index in [-0.39, 0.29) is 24.4 Å². The number of aliphatic carboxylic acids is 1. The van der Waals surface area contributed by atoms with Crippen LogP contribution >= 0.6 is 0 Å². The molecule has 0 amide bonds. The van der Waals surface area contributed by atoms with Crippen LogP contribution in [0.5, 0.6) is 5.88 Å². The number of hydrogen-bond donors (Lipinski definition) is 1. The molecule has 0 saturated heterocycles. The monoisotopic (exact) mass is 312 g/mol. The second-order valence-corrected chi connectivity index (χ2v) is 5.30. The summed E-state index contributed by atoms with van der Waals surface area (Å²) in [7, 11) is 0. The second-order valence-electron chi connectivity index (χ2n) is 5.30. The van der Waals surface area contributed by atoms with Gasteiger partial charge in [-0.1, -0.05) is 24.3 Å². The molecule has 1 aliphatic carbocycles. The van der Waals surface area contributed by atoms with Gasteiger partial charge in [0.1, 0.15) is 11.6 Å². The van der Waals surface area contributed by atoms with Gasteiger partial charge in [-0.3, -0.25) is 9.59 Å². The van der Waals surface area contributed by atoms with Gasteiger partial charge in [-0.15, -0.1) is 0 Å². The Bertz CT molecular complexity index is 882. The molecule has 6 nitrogen and oxygen atoms in total. The number of aromatic nitrogens is 2. The van der Waals surface area contributed by atoms with Crippen molar-refractivity contribution < 1.29 is 24.2 Å². The van der Waals surface area contributed by atoms with E-state index in [0.717, 1.165) is 11.3 Å². The third kappa shape index (κ3) is 2.42. The zero-order valence-electron chi connectivity index (χ0n) is 12.7. The van der Waals surface area contributed by atoms with Crippen LogP contribution in [-0.4, -0.2) is 21.4 Å². The summed E-state index contributed by atoms with van der Waals surface area (Å²) >= 11 is 0. The molecule has 1 aromatic rings. The van der Waals surface area contributed by atoms with Crippen molar-refractivity contribution >= 4 is 17.4 Å². The van der Waals surface area contributed by atoms with Crippen molar-refractivity contribution in [3.63, 3.8) is 0 Å². The molecule has 0 atom stereocenters. The van der Waals surface area contributed by atoms with Crippen molar-refractivity contribution in [3.05, 3.63) is 42.1 Å². The highest BCUT2D eigenvalue weighted by molar-refractivity contribution is 5.97. The number of hydrogen-bond acceptors (Lipinski definition) is 3. The minimum absolute atomic E-state index is 0.0318. The van der Waals surface area contributed by atoms with Gasteiger partial charge in [0.25, 0.3) is 5.65 Å². The Hall–Kier alpha value is -2.89. The zero-order chi connectivity index (χ0) is 16.6. The van der Waals surface area contributed by atoms with Gasteiger partial charge in [-0.2, -0.15) is 4.40 Å². The van der Waals surface area contributed by atoms with Crippen LogP contribution in [0, 0.1) is 0 Å². The van der Waals surface area contributed by atoms with Crippen LogP contribution in [0.15, 0.2) is 36.4 Å². The Kier molecular flexibility index (Phi) is 3.73. The lowest BCUT2D eigenvalue weighted by Crippen LogP contribution is -2.28. The molecule has 0 radical (unpaired) electrons. The Labute approximate surface area is 132 Å². The lowest BCUT2D eigenvalue weighted by atomic mass is 10.1. The molecule has 1 aliphatic heterocycles. The highest BCUT2D eigenvalue weighted by Gasteiger charge is 2.29. The van der Waals surface area contributed by atoms with Gasteiger partial charge in [0, 0.05) is 18.1 Å². The molecule has 1 aromatic heterocycles. The molecule has 0 saturated carbocycles. The van der Waals surface area contributed by atoms with Gasteiger partial charge in [0.2, 0.25) is 11.5 Å². The van der Waals surface area contributed by atoms with Crippen LogP contribution in [0.25, 0.3) is 16.9 Å². The number of carbonyl (C=O) groups is 2. The summed E-state index contributed by atoms with van der Waals surface area (Å²) in [6, 6.07) is 11.2. The highest BCUT2D eigenvalue weighted by atomic mass is 16.4. The summed E-state index contributed by atoms with van der Waals surface area (Å²) in [5.74, 6) is -1.87. The average Bonchev–Trinajstić information content (AvgIpc) is 2.86. The molecule has 6 heteroatoms. The molecule has 2 heterocycles. The molecule has 0 fully saturated rings. The molecule has 0 unspecified atom stereocenters. The molecule has 2 aliphatic rings. The number of fused-ring (bicyclic) bond motifs is 3. The Morgan fingerprint density at radius 2 is 1.96 bits per heavy atom. The largest absolute Gasteiger partial charge is 0.839 e. The second kappa shape index (κ2) is 5.72. The van der Waals surface area contributed by atoms with Gasteiger partial charge in [0.05, 0.1) is 13.0 Å². The fraction of sp³-hybridized carbons (Fsp3) is 0.235. The molecule has 0 bridgehead atoms. The van der Waals surface area contributed by atoms with Gasteiger partial charge in [0.15, 0.2) is 0 Å². The minimum atomic E-state index is -1.05. The number of carbonyl (C=O) groups excluding carboxylic acids is 1. The predicted octanol–water partition coefficient (Wildman–Crippen LogP) is 1.47. The van der Waals surface area contributed by atoms with Crippen LogP contribution in [0.1, 0.15) is 30.3 Å². The number of rotatable bonds is 5. The van der Waals surface area contributed by atoms with E-state index in [2.05, 4.69) is 0 Å². The van der Waals surface area contributed by atoms with Crippen molar-refractivity contribution in [2.45, 2.75) is 26.3 Å². The van der Waals surface area contributed by atoms with Crippen molar-refractivity contribution in [1.82, 2.24) is 4.57 Å². The van der Waals surface area contributed by atoms with Gasteiger partial charge in [-0.05, 0) is 13.0 Å². The quantitative estimate of drug-likeness (QED) is 0.571. The fourth-order valence-corrected chi connectivity index (χ4v) is 2.85. The Balaban J connectivity index is 2.25. The standard InChI is InChI=1S/C17H16N2O4/c1-2-18-14-10-11-6-4-3-5-7-12(11)19(14)16(17(18)23)13(20)8-9-15(21)22/h3-7,10H,2,8-9H2,1H3,(H-,20,21,22,23). The van der Waals surface area contributed by atoms with Crippen LogP contribution in [-0.2, 0) is 11.3 Å². The minimum Gasteiger partial charge on any atom is -0.839 e. The van der Waals surface area contributed by atoms with Gasteiger partial charge in [-0.25, -0.2) is 4.57 Å². The molecule has 118 valence electrons. The number of nitrogens with zero attached hydrogens (tertiary/aromatic N) is 2. The van der Waals surface area contributed by atoms with E-state index in [1.165, 1.54) is 4.57 Å². The first kappa shape index (κ1) is 15.0. The molecule has 3 rings (SSSR count). The topological polar surface area (TPSA) is 86.5 Å². The first-order valence-corrected chi connectivity index (χ1v) is 7.42. The Morgan fingerprint density at radius 1 is 1.22 bits per heavy atom. The summed E-state index contributed by atoms with van der Waals surface area (Å²) in [5, 5.41) is 21.3. The zero-order valence-corrected chi connectivity index (χ0v) is 12.7. The summed E-state index contributed by atoms with van der Waals surface area (Å²) in [5.41, 5.74) is 2.36. The predicted molar refractivity (Wildman–Crippen MR) is 80.5 cm³/mol. The SMILES string of the molecule is CCn1c([O-])c(C(=O)CCC(=O)O)[n+]2c3cccccc-3cc12. The van der Waals surface area contributed by atoms with Crippen LogP contribution in [0.2, 0.25) is 0 Å². The number of Topliss-reactive ketones (excluding diaryl/α,β-unsaturated/α-hetero) is 1. The van der Waals surface area contributed by atoms with Crippen LogP contribution in [0.4, 0.5) is 0 Å². The number of carboxylic acid groups (broad SMARTS) is 1. The van der Waals surface area contributed by atoms with E-state index < -0.39 is 11.8 Å². The molecular weight excluding hydrogens is 296 g/mol. The fourth-order valence-electron chi connectivity index (χ4n) is 2.85. The summed E-state index contributed by atoms with van der Waals surface area (Å²) < 4.78 is 3.18. The van der Waals surface area contributed by atoms with Crippen LogP contribution < -0.4 is 9.51 Å². The lowest BCUT2D eigenvalue weighted by Gasteiger charge is -2.05. The normalized spacial score (nSPS) is 11.2. The number of ketones is 1. The number of imidazole rings is 1. The molecule has 0 aromatic carbocycles. The summed E-state index contributed by atoms with van der Waals surface area (Å²) in [6.45, 7) is 2.28. The van der Waals surface area contributed by atoms with E-state index in [1.807, 2.05) is 43.3 Å². The first-order chi connectivity index (χ1) is 11.0.